The number of nitrogens with one attached hydrogen (secondary N) is 2. The zero-order valence-electron chi connectivity index (χ0n) is 14.1. The highest BCUT2D eigenvalue weighted by Crippen LogP contribution is 2.23. The van der Waals surface area contributed by atoms with Gasteiger partial charge in [-0.1, -0.05) is 11.6 Å². The Labute approximate surface area is 152 Å². The third-order valence-corrected chi connectivity index (χ3v) is 4.39. The molecule has 1 atom stereocenters. The van der Waals surface area contributed by atoms with Crippen molar-refractivity contribution in [3.63, 3.8) is 0 Å². The van der Waals surface area contributed by atoms with Crippen LogP contribution in [0.1, 0.15) is 17.6 Å². The molecule has 2 aromatic rings. The number of morpholine rings is 1. The minimum absolute atomic E-state index is 0.0198. The zero-order chi connectivity index (χ0) is 17.6. The van der Waals surface area contributed by atoms with Gasteiger partial charge >= 0.3 is 6.03 Å². The van der Waals surface area contributed by atoms with E-state index >= 15 is 0 Å². The number of furan rings is 1. The Morgan fingerprint density at radius 3 is 2.56 bits per heavy atom. The van der Waals surface area contributed by atoms with E-state index in [0.717, 1.165) is 24.6 Å². The van der Waals surface area contributed by atoms with E-state index in [1.165, 1.54) is 0 Å². The summed E-state index contributed by atoms with van der Waals surface area (Å²) >= 11 is 5.85. The van der Waals surface area contributed by atoms with E-state index < -0.39 is 0 Å². The number of urea groups is 1. The molecule has 1 saturated heterocycles. The SMILES string of the molecule is Cc1ccc([C@H](CNC(=O)Nc2ccc(Cl)cc2)N2CCOCC2)o1. The number of carbonyl (C=O) groups excluding carboxylic acids is 1. The van der Waals surface area contributed by atoms with Crippen LogP contribution in [0.5, 0.6) is 0 Å². The van der Waals surface area contributed by atoms with E-state index in [1.54, 1.807) is 24.3 Å². The number of anilines is 1. The highest BCUT2D eigenvalue weighted by Gasteiger charge is 2.25. The van der Waals surface area contributed by atoms with Crippen LogP contribution in [-0.2, 0) is 4.74 Å². The predicted molar refractivity (Wildman–Crippen MR) is 97.1 cm³/mol. The maximum atomic E-state index is 12.2. The molecule has 0 spiro atoms. The number of nitrogens with zero attached hydrogens (tertiary/aromatic N) is 1. The fraction of sp³-hybridized carbons (Fsp3) is 0.389. The predicted octanol–water partition coefficient (Wildman–Crippen LogP) is 3.44. The number of amides is 2. The second kappa shape index (κ2) is 8.38. The van der Waals surface area contributed by atoms with Crippen LogP contribution >= 0.6 is 11.6 Å². The van der Waals surface area contributed by atoms with E-state index in [2.05, 4.69) is 15.5 Å². The molecule has 0 aliphatic carbocycles. The van der Waals surface area contributed by atoms with Gasteiger partial charge in [0.15, 0.2) is 0 Å². The maximum Gasteiger partial charge on any atom is 0.319 e. The van der Waals surface area contributed by atoms with Crippen LogP contribution in [-0.4, -0.2) is 43.8 Å². The summed E-state index contributed by atoms with van der Waals surface area (Å²) in [5, 5.41) is 6.36. The third-order valence-electron chi connectivity index (χ3n) is 4.13. The molecule has 0 radical (unpaired) electrons. The summed E-state index contributed by atoms with van der Waals surface area (Å²) < 4.78 is 11.2. The van der Waals surface area contributed by atoms with Crippen molar-refractivity contribution in [1.82, 2.24) is 10.2 Å². The van der Waals surface area contributed by atoms with Crippen LogP contribution in [0, 0.1) is 6.92 Å². The molecule has 0 bridgehead atoms. The van der Waals surface area contributed by atoms with Crippen molar-refractivity contribution in [2.45, 2.75) is 13.0 Å². The Kier molecular flexibility index (Phi) is 5.96. The Hall–Kier alpha value is -2.02. The molecule has 1 aliphatic heterocycles. The number of aryl methyl sites for hydroxylation is 1. The topological polar surface area (TPSA) is 66.7 Å². The molecule has 7 heteroatoms. The molecular formula is C18H22ClN3O3. The summed E-state index contributed by atoms with van der Waals surface area (Å²) in [6.07, 6.45) is 0. The Balaban J connectivity index is 1.61. The van der Waals surface area contributed by atoms with Crippen molar-refractivity contribution in [2.24, 2.45) is 0 Å². The summed E-state index contributed by atoms with van der Waals surface area (Å²) in [5.74, 6) is 1.71. The molecule has 6 nitrogen and oxygen atoms in total. The van der Waals surface area contributed by atoms with Gasteiger partial charge in [0.2, 0.25) is 0 Å². The van der Waals surface area contributed by atoms with E-state index in [-0.39, 0.29) is 12.1 Å². The first-order valence-corrected chi connectivity index (χ1v) is 8.68. The molecule has 0 saturated carbocycles. The van der Waals surface area contributed by atoms with E-state index in [9.17, 15) is 4.79 Å². The first-order valence-electron chi connectivity index (χ1n) is 8.30. The summed E-state index contributed by atoms with van der Waals surface area (Å²) in [6.45, 7) is 5.36. The molecule has 2 heterocycles. The molecular weight excluding hydrogens is 342 g/mol. The highest BCUT2D eigenvalue weighted by atomic mass is 35.5. The van der Waals surface area contributed by atoms with Crippen LogP contribution in [0.2, 0.25) is 5.02 Å². The Morgan fingerprint density at radius 1 is 1.20 bits per heavy atom. The molecule has 2 N–H and O–H groups in total. The number of rotatable bonds is 5. The van der Waals surface area contributed by atoms with Gasteiger partial charge < -0.3 is 19.8 Å². The van der Waals surface area contributed by atoms with Gasteiger partial charge in [-0.15, -0.1) is 0 Å². The van der Waals surface area contributed by atoms with Gasteiger partial charge in [0.1, 0.15) is 11.5 Å². The third kappa shape index (κ3) is 4.98. The molecule has 134 valence electrons. The number of ether oxygens (including phenoxy) is 1. The highest BCUT2D eigenvalue weighted by molar-refractivity contribution is 6.30. The normalized spacial score (nSPS) is 16.4. The summed E-state index contributed by atoms with van der Waals surface area (Å²) in [4.78, 5) is 14.5. The van der Waals surface area contributed by atoms with Crippen LogP contribution in [0.15, 0.2) is 40.8 Å². The Bertz CT molecular complexity index is 696. The van der Waals surface area contributed by atoms with Gasteiger partial charge in [-0.2, -0.15) is 0 Å². The molecule has 1 aliphatic rings. The van der Waals surface area contributed by atoms with Crippen molar-refractivity contribution in [1.29, 1.82) is 0 Å². The number of hydrogen-bond donors (Lipinski definition) is 2. The molecule has 1 fully saturated rings. The molecule has 0 unspecified atom stereocenters. The first kappa shape index (κ1) is 17.8. The molecule has 1 aromatic heterocycles. The first-order chi connectivity index (χ1) is 12.1. The zero-order valence-corrected chi connectivity index (χ0v) is 14.9. The van der Waals surface area contributed by atoms with Crippen molar-refractivity contribution in [3.05, 3.63) is 52.9 Å². The molecule has 2 amide bonds. The molecule has 25 heavy (non-hydrogen) atoms. The van der Waals surface area contributed by atoms with E-state index in [4.69, 9.17) is 20.8 Å². The number of carbonyl (C=O) groups is 1. The lowest BCUT2D eigenvalue weighted by molar-refractivity contribution is 0.0122. The largest absolute Gasteiger partial charge is 0.465 e. The minimum atomic E-state index is -0.260. The van der Waals surface area contributed by atoms with Crippen LogP contribution in [0.4, 0.5) is 10.5 Å². The Morgan fingerprint density at radius 2 is 1.92 bits per heavy atom. The summed E-state index contributed by atoms with van der Waals surface area (Å²) in [6, 6.07) is 10.6. The van der Waals surface area contributed by atoms with E-state index in [0.29, 0.717) is 30.5 Å². The van der Waals surface area contributed by atoms with Gasteiger partial charge in [0, 0.05) is 30.3 Å². The van der Waals surface area contributed by atoms with Crippen molar-refractivity contribution >= 4 is 23.3 Å². The van der Waals surface area contributed by atoms with E-state index in [1.807, 2.05) is 19.1 Å². The average molecular weight is 364 g/mol. The van der Waals surface area contributed by atoms with Crippen molar-refractivity contribution in [3.8, 4) is 0 Å². The number of hydrogen-bond acceptors (Lipinski definition) is 4. The summed E-state index contributed by atoms with van der Waals surface area (Å²) in [5.41, 5.74) is 0.693. The molecule has 3 rings (SSSR count). The van der Waals surface area contributed by atoms with Crippen LogP contribution in [0.3, 0.4) is 0 Å². The lowest BCUT2D eigenvalue weighted by atomic mass is 10.1. The standard InChI is InChI=1S/C18H22ClN3O3/c1-13-2-7-17(25-13)16(22-8-10-24-11-9-22)12-20-18(23)21-15-5-3-14(19)4-6-15/h2-7,16H,8-12H2,1H3,(H2,20,21,23)/t16-/m0/s1. The van der Waals surface area contributed by atoms with Gasteiger partial charge in [0.25, 0.3) is 0 Å². The van der Waals surface area contributed by atoms with Gasteiger partial charge in [-0.05, 0) is 43.3 Å². The minimum Gasteiger partial charge on any atom is -0.465 e. The summed E-state index contributed by atoms with van der Waals surface area (Å²) in [7, 11) is 0. The van der Waals surface area contributed by atoms with Crippen LogP contribution < -0.4 is 10.6 Å². The lowest BCUT2D eigenvalue weighted by Crippen LogP contribution is -2.44. The average Bonchev–Trinajstić information content (AvgIpc) is 3.04. The second-order valence-corrected chi connectivity index (χ2v) is 6.39. The maximum absolute atomic E-state index is 12.2. The van der Waals surface area contributed by atoms with Gasteiger partial charge in [-0.25, -0.2) is 4.79 Å². The van der Waals surface area contributed by atoms with Crippen LogP contribution in [0.25, 0.3) is 0 Å². The lowest BCUT2D eigenvalue weighted by Gasteiger charge is -2.33. The second-order valence-electron chi connectivity index (χ2n) is 5.95. The number of benzene rings is 1. The fourth-order valence-corrected chi connectivity index (χ4v) is 2.96. The van der Waals surface area contributed by atoms with Crippen molar-refractivity contribution in [2.75, 3.05) is 38.2 Å². The van der Waals surface area contributed by atoms with Gasteiger partial charge in [0.05, 0.1) is 19.3 Å². The van der Waals surface area contributed by atoms with Crippen molar-refractivity contribution < 1.29 is 13.9 Å². The quantitative estimate of drug-likeness (QED) is 0.854. The number of halogens is 1. The smallest absolute Gasteiger partial charge is 0.319 e. The fourth-order valence-electron chi connectivity index (χ4n) is 2.83. The monoisotopic (exact) mass is 363 g/mol. The molecule has 1 aromatic carbocycles. The van der Waals surface area contributed by atoms with Gasteiger partial charge in [-0.3, -0.25) is 4.90 Å².